The Morgan fingerprint density at radius 1 is 1.09 bits per heavy atom. The number of amides is 1. The zero-order chi connectivity index (χ0) is 16.2. The van der Waals surface area contributed by atoms with Gasteiger partial charge in [0.05, 0.1) is 23.1 Å². The lowest BCUT2D eigenvalue weighted by molar-refractivity contribution is -0.124. The summed E-state index contributed by atoms with van der Waals surface area (Å²) >= 11 is 0. The highest BCUT2D eigenvalue weighted by atomic mass is 32.2. The van der Waals surface area contributed by atoms with E-state index in [-0.39, 0.29) is 11.4 Å². The smallest absolute Gasteiger partial charge is 0.266 e. The molecule has 0 aliphatic carbocycles. The fraction of sp³-hybridized carbons (Fsp3) is 0.125. The highest BCUT2D eigenvalue weighted by molar-refractivity contribution is 7.89. The van der Waals surface area contributed by atoms with E-state index in [1.807, 2.05) is 6.07 Å². The van der Waals surface area contributed by atoms with Gasteiger partial charge in [-0.15, -0.1) is 0 Å². The van der Waals surface area contributed by atoms with Crippen molar-refractivity contribution in [3.63, 3.8) is 0 Å². The molecule has 0 saturated heterocycles. The van der Waals surface area contributed by atoms with Crippen molar-refractivity contribution in [1.82, 2.24) is 4.31 Å². The molecule has 22 heavy (non-hydrogen) atoms. The molecule has 112 valence electrons. The van der Waals surface area contributed by atoms with Crippen LogP contribution in [-0.4, -0.2) is 18.6 Å². The highest BCUT2D eigenvalue weighted by Gasteiger charge is 2.27. The van der Waals surface area contributed by atoms with Crippen LogP contribution in [0.25, 0.3) is 0 Å². The molecule has 0 N–H and O–H groups in total. The van der Waals surface area contributed by atoms with E-state index in [9.17, 15) is 13.2 Å². The number of nitriles is 1. The molecule has 0 fully saturated rings. The van der Waals surface area contributed by atoms with Gasteiger partial charge in [0.2, 0.25) is 5.91 Å². The monoisotopic (exact) mass is 314 g/mol. The minimum Gasteiger partial charge on any atom is -0.274 e. The number of sulfonamides is 1. The van der Waals surface area contributed by atoms with E-state index in [1.165, 1.54) is 19.1 Å². The largest absolute Gasteiger partial charge is 0.274 e. The molecule has 1 amide bonds. The van der Waals surface area contributed by atoms with E-state index in [2.05, 4.69) is 0 Å². The SMILES string of the molecule is CC(=O)N(Cc1ccccc1C#N)S(=O)(=O)c1ccccc1. The van der Waals surface area contributed by atoms with Crippen LogP contribution in [0.1, 0.15) is 18.1 Å². The van der Waals surface area contributed by atoms with Gasteiger partial charge >= 0.3 is 0 Å². The van der Waals surface area contributed by atoms with Gasteiger partial charge < -0.3 is 0 Å². The van der Waals surface area contributed by atoms with E-state index in [1.54, 1.807) is 42.5 Å². The van der Waals surface area contributed by atoms with Gasteiger partial charge in [-0.3, -0.25) is 4.79 Å². The van der Waals surface area contributed by atoms with Gasteiger partial charge in [-0.2, -0.15) is 5.26 Å². The number of nitrogens with zero attached hydrogens (tertiary/aromatic N) is 2. The van der Waals surface area contributed by atoms with E-state index < -0.39 is 15.9 Å². The van der Waals surface area contributed by atoms with Crippen LogP contribution in [0.15, 0.2) is 59.5 Å². The molecule has 0 bridgehead atoms. The maximum Gasteiger partial charge on any atom is 0.266 e. The molecule has 2 aromatic rings. The minimum absolute atomic E-state index is 0.0413. The second kappa shape index (κ2) is 6.41. The lowest BCUT2D eigenvalue weighted by Gasteiger charge is -2.21. The third-order valence-electron chi connectivity index (χ3n) is 3.13. The Morgan fingerprint density at radius 2 is 1.68 bits per heavy atom. The lowest BCUT2D eigenvalue weighted by atomic mass is 10.1. The number of hydrogen-bond donors (Lipinski definition) is 0. The second-order valence-corrected chi connectivity index (χ2v) is 6.48. The Morgan fingerprint density at radius 3 is 2.27 bits per heavy atom. The summed E-state index contributed by atoms with van der Waals surface area (Å²) in [7, 11) is -3.95. The van der Waals surface area contributed by atoms with Crippen molar-refractivity contribution in [3.8, 4) is 6.07 Å². The second-order valence-electron chi connectivity index (χ2n) is 4.61. The van der Waals surface area contributed by atoms with Crippen molar-refractivity contribution in [3.05, 3.63) is 65.7 Å². The predicted molar refractivity (Wildman–Crippen MR) is 81.0 cm³/mol. The topological polar surface area (TPSA) is 78.2 Å². The fourth-order valence-electron chi connectivity index (χ4n) is 2.01. The summed E-state index contributed by atoms with van der Waals surface area (Å²) in [5.41, 5.74) is 0.830. The molecule has 0 atom stereocenters. The summed E-state index contributed by atoms with van der Waals surface area (Å²) in [4.78, 5) is 11.9. The van der Waals surface area contributed by atoms with E-state index in [0.29, 0.717) is 11.1 Å². The first-order valence-electron chi connectivity index (χ1n) is 6.53. The number of carbonyl (C=O) groups excluding carboxylic acids is 1. The summed E-state index contributed by atoms with van der Waals surface area (Å²) in [6.45, 7) is 1.02. The molecular formula is C16H14N2O3S. The predicted octanol–water partition coefficient (Wildman–Crippen LogP) is 2.30. The van der Waals surface area contributed by atoms with Crippen LogP contribution in [0.2, 0.25) is 0 Å². The average molecular weight is 314 g/mol. The molecule has 0 heterocycles. The van der Waals surface area contributed by atoms with Gasteiger partial charge in [-0.1, -0.05) is 36.4 Å². The summed E-state index contributed by atoms with van der Waals surface area (Å²) in [5.74, 6) is -0.600. The zero-order valence-corrected chi connectivity index (χ0v) is 12.7. The summed E-state index contributed by atoms with van der Waals surface area (Å²) in [6.07, 6.45) is 0. The molecule has 0 saturated carbocycles. The minimum atomic E-state index is -3.95. The molecule has 0 aliphatic rings. The number of benzene rings is 2. The van der Waals surface area contributed by atoms with Crippen molar-refractivity contribution in [2.24, 2.45) is 0 Å². The summed E-state index contributed by atoms with van der Waals surface area (Å²) in [6, 6.07) is 16.3. The van der Waals surface area contributed by atoms with Crippen molar-refractivity contribution in [2.75, 3.05) is 0 Å². The van der Waals surface area contributed by atoms with Crippen molar-refractivity contribution < 1.29 is 13.2 Å². The van der Waals surface area contributed by atoms with Gasteiger partial charge in [0.1, 0.15) is 0 Å². The summed E-state index contributed by atoms with van der Waals surface area (Å²) in [5, 5.41) is 9.09. The molecule has 6 heteroatoms. The van der Waals surface area contributed by atoms with Crippen LogP contribution in [0.3, 0.4) is 0 Å². The quantitative estimate of drug-likeness (QED) is 0.867. The first kappa shape index (κ1) is 15.7. The van der Waals surface area contributed by atoms with Crippen LogP contribution in [-0.2, 0) is 21.4 Å². The summed E-state index contributed by atoms with van der Waals surface area (Å²) < 4.78 is 26.0. The average Bonchev–Trinajstić information content (AvgIpc) is 2.53. The Balaban J connectivity index is 2.44. The van der Waals surface area contributed by atoms with E-state index >= 15 is 0 Å². The maximum absolute atomic E-state index is 12.6. The van der Waals surface area contributed by atoms with Crippen molar-refractivity contribution >= 4 is 15.9 Å². The Kier molecular flexibility index (Phi) is 4.59. The van der Waals surface area contributed by atoms with Gasteiger partial charge in [0.25, 0.3) is 10.0 Å². The highest BCUT2D eigenvalue weighted by Crippen LogP contribution is 2.20. The van der Waals surface area contributed by atoms with Crippen molar-refractivity contribution in [1.29, 1.82) is 5.26 Å². The standard InChI is InChI=1S/C16H14N2O3S/c1-13(19)18(12-15-8-6-5-7-14(15)11-17)22(20,21)16-9-3-2-4-10-16/h2-10H,12H2,1H3. The van der Waals surface area contributed by atoms with Crippen molar-refractivity contribution in [2.45, 2.75) is 18.4 Å². The Labute approximate surface area is 129 Å². The van der Waals surface area contributed by atoms with E-state index in [0.717, 1.165) is 4.31 Å². The number of hydrogen-bond acceptors (Lipinski definition) is 4. The number of rotatable bonds is 4. The van der Waals surface area contributed by atoms with Gasteiger partial charge in [-0.05, 0) is 23.8 Å². The molecule has 0 unspecified atom stereocenters. The third kappa shape index (κ3) is 3.15. The van der Waals surface area contributed by atoms with Crippen LogP contribution >= 0.6 is 0 Å². The molecule has 5 nitrogen and oxygen atoms in total. The maximum atomic E-state index is 12.6. The van der Waals surface area contributed by atoms with Crippen LogP contribution in [0, 0.1) is 11.3 Å². The molecule has 0 spiro atoms. The van der Waals surface area contributed by atoms with E-state index in [4.69, 9.17) is 5.26 Å². The molecular weight excluding hydrogens is 300 g/mol. The van der Waals surface area contributed by atoms with Gasteiger partial charge in [0, 0.05) is 6.92 Å². The molecule has 0 aliphatic heterocycles. The molecule has 0 radical (unpaired) electrons. The number of carbonyl (C=O) groups is 1. The van der Waals surface area contributed by atoms with Gasteiger partial charge in [-0.25, -0.2) is 12.7 Å². The fourth-order valence-corrected chi connectivity index (χ4v) is 3.41. The Bertz CT molecular complexity index is 824. The first-order chi connectivity index (χ1) is 10.5. The zero-order valence-electron chi connectivity index (χ0n) is 11.9. The molecule has 0 aromatic heterocycles. The van der Waals surface area contributed by atoms with Crippen LogP contribution in [0.5, 0.6) is 0 Å². The van der Waals surface area contributed by atoms with Gasteiger partial charge in [0.15, 0.2) is 0 Å². The van der Waals surface area contributed by atoms with Crippen LogP contribution in [0.4, 0.5) is 0 Å². The lowest BCUT2D eigenvalue weighted by Crippen LogP contribution is -2.34. The third-order valence-corrected chi connectivity index (χ3v) is 4.97. The molecule has 2 aromatic carbocycles. The normalized spacial score (nSPS) is 10.7. The Hall–Kier alpha value is -2.65. The van der Waals surface area contributed by atoms with Crippen LogP contribution < -0.4 is 0 Å². The molecule has 2 rings (SSSR count). The first-order valence-corrected chi connectivity index (χ1v) is 7.97.